The van der Waals surface area contributed by atoms with E-state index >= 15 is 0 Å². The predicted molar refractivity (Wildman–Crippen MR) is 68.4 cm³/mol. The second-order valence-corrected chi connectivity index (χ2v) is 5.16. The van der Waals surface area contributed by atoms with E-state index < -0.39 is 18.2 Å². The minimum atomic E-state index is -1.00. The van der Waals surface area contributed by atoms with E-state index in [0.29, 0.717) is 23.5 Å². The predicted octanol–water partition coefficient (Wildman–Crippen LogP) is 0.0362. The molecule has 3 atom stereocenters. The fourth-order valence-corrected chi connectivity index (χ4v) is 2.95. The molecule has 4 rings (SSSR count). The van der Waals surface area contributed by atoms with Crippen LogP contribution in [0.2, 0.25) is 0 Å². The van der Waals surface area contributed by atoms with Gasteiger partial charge >= 0.3 is 0 Å². The Labute approximate surface area is 114 Å². The van der Waals surface area contributed by atoms with Gasteiger partial charge in [0.1, 0.15) is 6.10 Å². The van der Waals surface area contributed by atoms with Crippen molar-refractivity contribution in [2.45, 2.75) is 24.7 Å². The lowest BCUT2D eigenvalue weighted by atomic mass is 9.80. The Morgan fingerprint density at radius 1 is 1.15 bits per heavy atom. The molecule has 3 aliphatic rings. The van der Waals surface area contributed by atoms with Gasteiger partial charge in [0, 0.05) is 0 Å². The summed E-state index contributed by atoms with van der Waals surface area (Å²) in [7, 11) is 0. The van der Waals surface area contributed by atoms with E-state index in [1.165, 1.54) is 0 Å². The maximum atomic E-state index is 12.2. The fourth-order valence-electron chi connectivity index (χ4n) is 2.95. The van der Waals surface area contributed by atoms with Crippen LogP contribution in [0.15, 0.2) is 18.2 Å². The quantitative estimate of drug-likeness (QED) is 0.622. The molecule has 0 saturated carbocycles. The first kappa shape index (κ1) is 11.7. The zero-order valence-corrected chi connectivity index (χ0v) is 10.5. The Morgan fingerprint density at radius 3 is 2.60 bits per heavy atom. The van der Waals surface area contributed by atoms with Crippen molar-refractivity contribution in [2.75, 3.05) is 6.79 Å². The smallest absolute Gasteiger partial charge is 0.252 e. The number of rotatable bonds is 0. The molecule has 0 aromatic heterocycles. The van der Waals surface area contributed by atoms with Gasteiger partial charge in [-0.2, -0.15) is 0 Å². The first-order chi connectivity index (χ1) is 9.65. The van der Waals surface area contributed by atoms with Crippen LogP contribution in [0.25, 0.3) is 5.57 Å². The summed E-state index contributed by atoms with van der Waals surface area (Å²) in [6, 6.07) is 2.83. The molecule has 0 fully saturated rings. The molecular formula is C14H13NO5. The number of carbonyl (C=O) groups excluding carboxylic acids is 1. The maximum absolute atomic E-state index is 12.2. The molecule has 0 bridgehead atoms. The van der Waals surface area contributed by atoms with Crippen molar-refractivity contribution in [1.82, 2.24) is 5.32 Å². The first-order valence-electron chi connectivity index (χ1n) is 6.46. The van der Waals surface area contributed by atoms with Crippen LogP contribution in [0, 0.1) is 0 Å². The average molecular weight is 275 g/mol. The normalized spacial score (nSPS) is 30.2. The van der Waals surface area contributed by atoms with Crippen molar-refractivity contribution in [2.24, 2.45) is 0 Å². The van der Waals surface area contributed by atoms with Crippen molar-refractivity contribution in [3.63, 3.8) is 0 Å². The van der Waals surface area contributed by atoms with Crippen molar-refractivity contribution < 1.29 is 24.5 Å². The molecule has 1 aromatic carbocycles. The molecule has 2 aliphatic heterocycles. The van der Waals surface area contributed by atoms with Crippen LogP contribution in [0.5, 0.6) is 11.5 Å². The van der Waals surface area contributed by atoms with E-state index in [9.17, 15) is 15.0 Å². The minimum Gasteiger partial charge on any atom is -0.454 e. The summed E-state index contributed by atoms with van der Waals surface area (Å²) < 4.78 is 10.6. The van der Waals surface area contributed by atoms with E-state index in [1.54, 1.807) is 12.1 Å². The summed E-state index contributed by atoms with van der Waals surface area (Å²) in [5.74, 6) is 0.863. The fraction of sp³-hybridized carbons (Fsp3) is 0.357. The van der Waals surface area contributed by atoms with Crippen LogP contribution in [0.3, 0.4) is 0 Å². The van der Waals surface area contributed by atoms with E-state index in [0.717, 1.165) is 11.1 Å². The molecular weight excluding hydrogens is 262 g/mol. The van der Waals surface area contributed by atoms with E-state index in [4.69, 9.17) is 9.47 Å². The molecule has 1 amide bonds. The molecule has 1 aliphatic carbocycles. The number of amides is 1. The number of hydrogen-bond acceptors (Lipinski definition) is 5. The second-order valence-electron chi connectivity index (χ2n) is 5.16. The first-order valence-corrected chi connectivity index (χ1v) is 6.46. The average Bonchev–Trinajstić information content (AvgIpc) is 2.89. The van der Waals surface area contributed by atoms with Gasteiger partial charge in [0.25, 0.3) is 5.91 Å². The highest BCUT2D eigenvalue weighted by atomic mass is 16.7. The summed E-state index contributed by atoms with van der Waals surface area (Å²) in [6.07, 6.45) is 0.344. The summed E-state index contributed by atoms with van der Waals surface area (Å²) in [5.41, 5.74) is 2.05. The Hall–Kier alpha value is -2.05. The van der Waals surface area contributed by atoms with Gasteiger partial charge in [-0.25, -0.2) is 0 Å². The number of aliphatic hydroxyl groups is 2. The van der Waals surface area contributed by atoms with E-state index in [2.05, 4.69) is 5.32 Å². The molecule has 2 heterocycles. The monoisotopic (exact) mass is 275 g/mol. The van der Waals surface area contributed by atoms with Crippen molar-refractivity contribution in [3.8, 4) is 11.5 Å². The highest BCUT2D eigenvalue weighted by Gasteiger charge is 2.39. The van der Waals surface area contributed by atoms with Gasteiger partial charge in [-0.1, -0.05) is 6.08 Å². The zero-order valence-electron chi connectivity index (χ0n) is 10.5. The lowest BCUT2D eigenvalue weighted by molar-refractivity contribution is 0.00503. The topological polar surface area (TPSA) is 88.0 Å². The molecule has 6 nitrogen and oxygen atoms in total. The highest BCUT2D eigenvalue weighted by molar-refractivity contribution is 6.05. The number of fused-ring (bicyclic) bond motifs is 4. The molecule has 0 unspecified atom stereocenters. The number of ether oxygens (including phenoxy) is 2. The Balaban J connectivity index is 1.89. The van der Waals surface area contributed by atoms with Gasteiger partial charge < -0.3 is 25.0 Å². The van der Waals surface area contributed by atoms with Gasteiger partial charge in [-0.05, 0) is 29.7 Å². The van der Waals surface area contributed by atoms with Gasteiger partial charge in [-0.3, -0.25) is 4.79 Å². The van der Waals surface area contributed by atoms with Crippen LogP contribution in [-0.2, 0) is 0 Å². The van der Waals surface area contributed by atoms with Gasteiger partial charge in [0.05, 0.1) is 17.7 Å². The van der Waals surface area contributed by atoms with Gasteiger partial charge in [0.2, 0.25) is 6.79 Å². The highest BCUT2D eigenvalue weighted by Crippen LogP contribution is 2.41. The summed E-state index contributed by atoms with van der Waals surface area (Å²) in [4.78, 5) is 12.2. The van der Waals surface area contributed by atoms with Crippen molar-refractivity contribution in [1.29, 1.82) is 0 Å². The zero-order chi connectivity index (χ0) is 13.9. The Bertz CT molecular complexity index is 639. The summed E-state index contributed by atoms with van der Waals surface area (Å²) >= 11 is 0. The van der Waals surface area contributed by atoms with Crippen molar-refractivity contribution >= 4 is 11.5 Å². The Kier molecular flexibility index (Phi) is 2.33. The van der Waals surface area contributed by atoms with Crippen LogP contribution in [0.1, 0.15) is 22.3 Å². The maximum Gasteiger partial charge on any atom is 0.252 e. The number of benzene rings is 1. The van der Waals surface area contributed by atoms with Crippen LogP contribution < -0.4 is 14.8 Å². The molecule has 6 heteroatoms. The number of carbonyl (C=O) groups is 1. The molecule has 3 N–H and O–H groups in total. The molecule has 1 aromatic rings. The van der Waals surface area contributed by atoms with Crippen LogP contribution in [-0.4, -0.2) is 41.2 Å². The summed E-state index contributed by atoms with van der Waals surface area (Å²) in [5, 5.41) is 22.5. The largest absolute Gasteiger partial charge is 0.454 e. The van der Waals surface area contributed by atoms with E-state index in [-0.39, 0.29) is 12.7 Å². The third-order valence-electron chi connectivity index (χ3n) is 4.01. The third-order valence-corrected chi connectivity index (χ3v) is 4.01. The molecule has 104 valence electrons. The lowest BCUT2D eigenvalue weighted by Gasteiger charge is -2.37. The number of nitrogens with one attached hydrogen (secondary N) is 1. The van der Waals surface area contributed by atoms with Crippen LogP contribution >= 0.6 is 0 Å². The lowest BCUT2D eigenvalue weighted by Crippen LogP contribution is -2.53. The standard InChI is InChI=1S/C14H13NO5/c16-9-2-1-6-7-3-10-11(20-5-19-10)4-8(7)14(18)15-12(6)13(9)17/h1,3-4,9,12-13,16-17H,2,5H2,(H,15,18)/t9-,12-,13-/m1/s1. The number of aliphatic hydroxyl groups excluding tert-OH is 2. The SMILES string of the molecule is O=C1N[C@@H]2C(=CC[C@@H](O)[C@H]2O)c2cc3c(cc21)OCO3. The molecule has 0 radical (unpaired) electrons. The third kappa shape index (κ3) is 1.49. The second kappa shape index (κ2) is 3.97. The molecule has 0 saturated heterocycles. The van der Waals surface area contributed by atoms with Gasteiger partial charge in [-0.15, -0.1) is 0 Å². The number of hydrogen-bond donors (Lipinski definition) is 3. The minimum absolute atomic E-state index is 0.143. The Morgan fingerprint density at radius 2 is 1.85 bits per heavy atom. The van der Waals surface area contributed by atoms with Gasteiger partial charge in [0.15, 0.2) is 11.5 Å². The van der Waals surface area contributed by atoms with Crippen LogP contribution in [0.4, 0.5) is 0 Å². The van der Waals surface area contributed by atoms with Crippen molar-refractivity contribution in [3.05, 3.63) is 29.3 Å². The van der Waals surface area contributed by atoms with E-state index in [1.807, 2.05) is 6.08 Å². The molecule has 0 spiro atoms. The summed E-state index contributed by atoms with van der Waals surface area (Å²) in [6.45, 7) is 0.143. The molecule has 20 heavy (non-hydrogen) atoms.